The Hall–Kier alpha value is -0.920. The average molecular weight is 331 g/mol. The standard InChI is InChI=1S/C12H19BrN4O2/c1-2-14-11-15-7-9(13)10(16-11)17-12(8-18)3-5-19-6-4-12/h7,18H,2-6,8H2,1H3,(H2,14,15,16,17). The van der Waals surface area contributed by atoms with Crippen LogP contribution < -0.4 is 10.6 Å². The third-order valence-corrected chi connectivity index (χ3v) is 3.80. The van der Waals surface area contributed by atoms with Crippen LogP contribution >= 0.6 is 15.9 Å². The molecule has 106 valence electrons. The highest BCUT2D eigenvalue weighted by atomic mass is 79.9. The number of rotatable bonds is 5. The highest BCUT2D eigenvalue weighted by Gasteiger charge is 2.32. The monoisotopic (exact) mass is 330 g/mol. The first-order chi connectivity index (χ1) is 9.19. The number of aromatic nitrogens is 2. The van der Waals surface area contributed by atoms with Gasteiger partial charge in [0.15, 0.2) is 0 Å². The van der Waals surface area contributed by atoms with Gasteiger partial charge in [-0.2, -0.15) is 4.98 Å². The predicted molar refractivity (Wildman–Crippen MR) is 77.4 cm³/mol. The van der Waals surface area contributed by atoms with Gasteiger partial charge in [-0.3, -0.25) is 0 Å². The lowest BCUT2D eigenvalue weighted by Crippen LogP contribution is -2.47. The van der Waals surface area contributed by atoms with E-state index in [1.54, 1.807) is 6.20 Å². The lowest BCUT2D eigenvalue weighted by molar-refractivity contribution is 0.0378. The summed E-state index contributed by atoms with van der Waals surface area (Å²) in [7, 11) is 0. The molecule has 1 saturated heterocycles. The summed E-state index contributed by atoms with van der Waals surface area (Å²) in [5.41, 5.74) is -0.362. The summed E-state index contributed by atoms with van der Waals surface area (Å²) in [6.45, 7) is 4.11. The number of ether oxygens (including phenoxy) is 1. The van der Waals surface area contributed by atoms with Crippen LogP contribution in [0.15, 0.2) is 10.7 Å². The molecule has 0 bridgehead atoms. The summed E-state index contributed by atoms with van der Waals surface area (Å²) in [6.07, 6.45) is 3.23. The van der Waals surface area contributed by atoms with Gasteiger partial charge in [0, 0.05) is 26.0 Å². The Kier molecular flexibility index (Phi) is 4.95. The smallest absolute Gasteiger partial charge is 0.224 e. The molecule has 0 amide bonds. The third kappa shape index (κ3) is 3.55. The number of nitrogens with zero attached hydrogens (tertiary/aromatic N) is 2. The average Bonchev–Trinajstić information content (AvgIpc) is 2.44. The molecule has 2 rings (SSSR count). The molecule has 0 aromatic carbocycles. The number of hydrogen-bond donors (Lipinski definition) is 3. The first-order valence-corrected chi connectivity index (χ1v) is 7.21. The molecular formula is C12H19BrN4O2. The van der Waals surface area contributed by atoms with E-state index in [1.807, 2.05) is 6.92 Å². The molecule has 19 heavy (non-hydrogen) atoms. The van der Waals surface area contributed by atoms with E-state index in [1.165, 1.54) is 0 Å². The number of anilines is 2. The molecule has 1 aromatic rings. The SMILES string of the molecule is CCNc1ncc(Br)c(NC2(CO)CCOCC2)n1. The van der Waals surface area contributed by atoms with E-state index in [0.29, 0.717) is 25.0 Å². The van der Waals surface area contributed by atoms with Gasteiger partial charge in [-0.1, -0.05) is 0 Å². The summed E-state index contributed by atoms with van der Waals surface area (Å²) in [6, 6.07) is 0. The number of aliphatic hydroxyl groups is 1. The van der Waals surface area contributed by atoms with E-state index < -0.39 is 0 Å². The summed E-state index contributed by atoms with van der Waals surface area (Å²) >= 11 is 3.43. The van der Waals surface area contributed by atoms with Gasteiger partial charge in [0.05, 0.1) is 16.6 Å². The molecule has 0 spiro atoms. The third-order valence-electron chi connectivity index (χ3n) is 3.22. The van der Waals surface area contributed by atoms with Crippen LogP contribution in [0.4, 0.5) is 11.8 Å². The normalized spacial score (nSPS) is 18.1. The van der Waals surface area contributed by atoms with Gasteiger partial charge in [-0.15, -0.1) is 0 Å². The van der Waals surface area contributed by atoms with Crippen LogP contribution in [0.3, 0.4) is 0 Å². The van der Waals surface area contributed by atoms with Crippen molar-refractivity contribution in [3.63, 3.8) is 0 Å². The maximum Gasteiger partial charge on any atom is 0.224 e. The minimum Gasteiger partial charge on any atom is -0.394 e. The molecule has 3 N–H and O–H groups in total. The van der Waals surface area contributed by atoms with Crippen molar-refractivity contribution in [2.45, 2.75) is 25.3 Å². The molecule has 2 heterocycles. The van der Waals surface area contributed by atoms with E-state index in [0.717, 1.165) is 23.9 Å². The van der Waals surface area contributed by atoms with Crippen molar-refractivity contribution in [2.24, 2.45) is 0 Å². The van der Waals surface area contributed by atoms with E-state index in [2.05, 4.69) is 36.5 Å². The molecule has 0 saturated carbocycles. The number of hydrogen-bond acceptors (Lipinski definition) is 6. The van der Waals surface area contributed by atoms with Gasteiger partial charge in [0.2, 0.25) is 5.95 Å². The van der Waals surface area contributed by atoms with Gasteiger partial charge in [-0.25, -0.2) is 4.98 Å². The maximum absolute atomic E-state index is 9.67. The molecular weight excluding hydrogens is 312 g/mol. The van der Waals surface area contributed by atoms with Crippen molar-refractivity contribution >= 4 is 27.7 Å². The molecule has 1 aliphatic heterocycles. The first-order valence-electron chi connectivity index (χ1n) is 6.42. The number of aliphatic hydroxyl groups excluding tert-OH is 1. The van der Waals surface area contributed by atoms with Gasteiger partial charge < -0.3 is 20.5 Å². The zero-order valence-corrected chi connectivity index (χ0v) is 12.5. The summed E-state index contributed by atoms with van der Waals surface area (Å²) in [4.78, 5) is 8.59. The Morgan fingerprint density at radius 1 is 1.47 bits per heavy atom. The second-order valence-corrected chi connectivity index (χ2v) is 5.45. The van der Waals surface area contributed by atoms with E-state index >= 15 is 0 Å². The highest BCUT2D eigenvalue weighted by molar-refractivity contribution is 9.10. The van der Waals surface area contributed by atoms with E-state index in [-0.39, 0.29) is 12.1 Å². The highest BCUT2D eigenvalue weighted by Crippen LogP contribution is 2.29. The summed E-state index contributed by atoms with van der Waals surface area (Å²) in [5.74, 6) is 1.27. The fourth-order valence-corrected chi connectivity index (χ4v) is 2.32. The zero-order chi connectivity index (χ0) is 13.7. The van der Waals surface area contributed by atoms with Gasteiger partial charge in [-0.05, 0) is 35.7 Å². The van der Waals surface area contributed by atoms with Crippen LogP contribution in [-0.2, 0) is 4.74 Å². The maximum atomic E-state index is 9.67. The quantitative estimate of drug-likeness (QED) is 0.761. The van der Waals surface area contributed by atoms with Gasteiger partial charge in [0.25, 0.3) is 0 Å². The molecule has 0 aliphatic carbocycles. The summed E-state index contributed by atoms with van der Waals surface area (Å²) < 4.78 is 6.13. The number of halogens is 1. The van der Waals surface area contributed by atoms with E-state index in [9.17, 15) is 5.11 Å². The van der Waals surface area contributed by atoms with Crippen molar-refractivity contribution in [1.29, 1.82) is 0 Å². The molecule has 0 radical (unpaired) electrons. The van der Waals surface area contributed by atoms with Crippen LogP contribution in [-0.4, -0.2) is 47.0 Å². The fraction of sp³-hybridized carbons (Fsp3) is 0.667. The Bertz CT molecular complexity index is 424. The molecule has 7 heteroatoms. The fourth-order valence-electron chi connectivity index (χ4n) is 2.03. The van der Waals surface area contributed by atoms with Crippen molar-refractivity contribution in [3.8, 4) is 0 Å². The lowest BCUT2D eigenvalue weighted by atomic mass is 9.91. The second kappa shape index (κ2) is 6.49. The minimum absolute atomic E-state index is 0.0589. The van der Waals surface area contributed by atoms with Crippen LogP contribution in [0.25, 0.3) is 0 Å². The Morgan fingerprint density at radius 2 is 2.21 bits per heavy atom. The molecule has 6 nitrogen and oxygen atoms in total. The van der Waals surface area contributed by atoms with Crippen LogP contribution in [0, 0.1) is 0 Å². The molecule has 0 atom stereocenters. The number of nitrogens with one attached hydrogen (secondary N) is 2. The first kappa shape index (κ1) is 14.5. The lowest BCUT2D eigenvalue weighted by Gasteiger charge is -2.37. The molecule has 1 aliphatic rings. The molecule has 1 fully saturated rings. The largest absolute Gasteiger partial charge is 0.394 e. The van der Waals surface area contributed by atoms with Gasteiger partial charge in [0.1, 0.15) is 5.82 Å². The Balaban J connectivity index is 2.18. The van der Waals surface area contributed by atoms with Crippen molar-refractivity contribution < 1.29 is 9.84 Å². The van der Waals surface area contributed by atoms with Crippen molar-refractivity contribution in [3.05, 3.63) is 10.7 Å². The predicted octanol–water partition coefficient (Wildman–Crippen LogP) is 1.62. The van der Waals surface area contributed by atoms with Crippen molar-refractivity contribution in [1.82, 2.24) is 9.97 Å². The van der Waals surface area contributed by atoms with Crippen LogP contribution in [0.2, 0.25) is 0 Å². The van der Waals surface area contributed by atoms with Gasteiger partial charge >= 0.3 is 0 Å². The van der Waals surface area contributed by atoms with Crippen molar-refractivity contribution in [2.75, 3.05) is 37.0 Å². The molecule has 0 unspecified atom stereocenters. The minimum atomic E-state index is -0.362. The summed E-state index contributed by atoms with van der Waals surface area (Å²) in [5, 5.41) is 16.1. The zero-order valence-electron chi connectivity index (χ0n) is 10.9. The second-order valence-electron chi connectivity index (χ2n) is 4.60. The van der Waals surface area contributed by atoms with Crippen LogP contribution in [0.5, 0.6) is 0 Å². The van der Waals surface area contributed by atoms with Crippen LogP contribution in [0.1, 0.15) is 19.8 Å². The van der Waals surface area contributed by atoms with E-state index in [4.69, 9.17) is 4.74 Å². The topological polar surface area (TPSA) is 79.3 Å². The Morgan fingerprint density at radius 3 is 2.84 bits per heavy atom. The molecule has 1 aromatic heterocycles. The Labute approximate surface area is 121 Å².